The second-order valence-corrected chi connectivity index (χ2v) is 9.70. The molecule has 0 aliphatic rings. The molecule has 1 aromatic heterocycles. The van der Waals surface area contributed by atoms with Crippen molar-refractivity contribution in [3.63, 3.8) is 0 Å². The molecular formula is C28H33F2N3O4S. The van der Waals surface area contributed by atoms with Crippen LogP contribution < -0.4 is 14.8 Å². The number of nitrogens with zero attached hydrogens (tertiary/aromatic N) is 2. The molecule has 7 nitrogen and oxygen atoms in total. The predicted octanol–water partition coefficient (Wildman–Crippen LogP) is 5.95. The average Bonchev–Trinajstić information content (AvgIpc) is 3.43. The lowest BCUT2D eigenvalue weighted by molar-refractivity contribution is -0.132. The fraction of sp³-hybridized carbons (Fsp3) is 0.357. The summed E-state index contributed by atoms with van der Waals surface area (Å²) in [6.45, 7) is 2.94. The van der Waals surface area contributed by atoms with Crippen LogP contribution in [0.5, 0.6) is 11.5 Å². The van der Waals surface area contributed by atoms with Gasteiger partial charge >= 0.3 is 6.03 Å². The van der Waals surface area contributed by atoms with E-state index in [0.717, 1.165) is 29.0 Å². The van der Waals surface area contributed by atoms with Gasteiger partial charge in [0.05, 0.1) is 26.5 Å². The van der Waals surface area contributed by atoms with E-state index >= 15 is 0 Å². The number of nitrogens with one attached hydrogen (secondary N) is 1. The Balaban J connectivity index is 1.74. The first-order valence-corrected chi connectivity index (χ1v) is 13.2. The molecule has 0 atom stereocenters. The number of hydrogen-bond donors (Lipinski definition) is 1. The molecule has 1 heterocycles. The predicted molar refractivity (Wildman–Crippen MR) is 145 cm³/mol. The third-order valence-corrected chi connectivity index (χ3v) is 6.83. The number of halogens is 2. The molecule has 0 saturated carbocycles. The zero-order valence-corrected chi connectivity index (χ0v) is 22.7. The number of benzene rings is 2. The number of carbonyl (C=O) groups is 2. The van der Waals surface area contributed by atoms with Gasteiger partial charge in [-0.3, -0.25) is 4.79 Å². The second kappa shape index (κ2) is 14.3. The zero-order chi connectivity index (χ0) is 27.5. The summed E-state index contributed by atoms with van der Waals surface area (Å²) in [5.41, 5.74) is 0.827. The van der Waals surface area contributed by atoms with Crippen LogP contribution in [0.15, 0.2) is 53.9 Å². The number of ether oxygens (including phenoxy) is 2. The summed E-state index contributed by atoms with van der Waals surface area (Å²) in [6.07, 6.45) is 2.05. The van der Waals surface area contributed by atoms with Gasteiger partial charge in [0.15, 0.2) is 11.5 Å². The van der Waals surface area contributed by atoms with Gasteiger partial charge in [-0.25, -0.2) is 13.6 Å². The van der Waals surface area contributed by atoms with Crippen molar-refractivity contribution >= 4 is 29.0 Å². The van der Waals surface area contributed by atoms with E-state index in [1.54, 1.807) is 30.5 Å². The molecule has 0 spiro atoms. The highest BCUT2D eigenvalue weighted by atomic mass is 32.1. The highest BCUT2D eigenvalue weighted by molar-refractivity contribution is 7.09. The topological polar surface area (TPSA) is 71.1 Å². The van der Waals surface area contributed by atoms with Crippen LogP contribution in [0.2, 0.25) is 0 Å². The number of urea groups is 1. The minimum Gasteiger partial charge on any atom is -0.493 e. The molecule has 3 rings (SSSR count). The summed E-state index contributed by atoms with van der Waals surface area (Å²) in [7, 11) is 3.14. The van der Waals surface area contributed by atoms with Gasteiger partial charge < -0.3 is 24.6 Å². The van der Waals surface area contributed by atoms with Crippen molar-refractivity contribution in [1.29, 1.82) is 0 Å². The first-order chi connectivity index (χ1) is 18.3. The van der Waals surface area contributed by atoms with E-state index in [0.29, 0.717) is 50.0 Å². The second-order valence-electron chi connectivity index (χ2n) is 8.66. The van der Waals surface area contributed by atoms with Crippen LogP contribution in [0, 0.1) is 11.6 Å². The van der Waals surface area contributed by atoms with Crippen molar-refractivity contribution in [3.05, 3.63) is 76.0 Å². The van der Waals surface area contributed by atoms with Crippen molar-refractivity contribution < 1.29 is 27.8 Å². The monoisotopic (exact) mass is 545 g/mol. The van der Waals surface area contributed by atoms with Gasteiger partial charge in [0.1, 0.15) is 18.2 Å². The Morgan fingerprint density at radius 3 is 2.42 bits per heavy atom. The smallest absolute Gasteiger partial charge is 0.322 e. The first kappa shape index (κ1) is 28.9. The van der Waals surface area contributed by atoms with E-state index in [1.807, 2.05) is 42.6 Å². The van der Waals surface area contributed by atoms with Crippen LogP contribution in [-0.4, -0.2) is 55.6 Å². The number of amides is 3. The molecule has 204 valence electrons. The van der Waals surface area contributed by atoms with Gasteiger partial charge in [-0.15, -0.1) is 11.3 Å². The van der Waals surface area contributed by atoms with Crippen LogP contribution in [0.1, 0.15) is 30.2 Å². The van der Waals surface area contributed by atoms with E-state index in [2.05, 4.69) is 5.32 Å². The lowest BCUT2D eigenvalue weighted by Gasteiger charge is -2.28. The van der Waals surface area contributed by atoms with Crippen molar-refractivity contribution in [2.45, 2.75) is 32.7 Å². The fourth-order valence-electron chi connectivity index (χ4n) is 3.83. The number of carbonyl (C=O) groups excluding carboxylic acids is 2. The summed E-state index contributed by atoms with van der Waals surface area (Å²) in [5.74, 6) is -0.620. The number of unbranched alkanes of at least 4 members (excludes halogenated alkanes) is 1. The Morgan fingerprint density at radius 2 is 1.76 bits per heavy atom. The molecule has 38 heavy (non-hydrogen) atoms. The third kappa shape index (κ3) is 8.17. The minimum absolute atomic E-state index is 0.144. The largest absolute Gasteiger partial charge is 0.493 e. The zero-order valence-electron chi connectivity index (χ0n) is 21.8. The maximum absolute atomic E-state index is 14.1. The molecule has 2 aromatic carbocycles. The molecule has 3 aromatic rings. The molecule has 0 bridgehead atoms. The van der Waals surface area contributed by atoms with Crippen molar-refractivity contribution in [2.75, 3.05) is 39.2 Å². The molecule has 10 heteroatoms. The summed E-state index contributed by atoms with van der Waals surface area (Å²) in [5, 5.41) is 4.42. The highest BCUT2D eigenvalue weighted by Gasteiger charge is 2.23. The van der Waals surface area contributed by atoms with Crippen LogP contribution in [0.25, 0.3) is 0 Å². The fourth-order valence-corrected chi connectivity index (χ4v) is 4.55. The summed E-state index contributed by atoms with van der Waals surface area (Å²) >= 11 is 1.55. The van der Waals surface area contributed by atoms with Crippen molar-refractivity contribution in [3.8, 4) is 11.5 Å². The van der Waals surface area contributed by atoms with Gasteiger partial charge in [0, 0.05) is 24.0 Å². The summed E-state index contributed by atoms with van der Waals surface area (Å²) in [6, 6.07) is 11.8. The molecule has 0 fully saturated rings. The number of thiophene rings is 1. The summed E-state index contributed by atoms with van der Waals surface area (Å²) in [4.78, 5) is 30.6. The Labute approximate surface area is 226 Å². The maximum atomic E-state index is 14.1. The normalized spacial score (nSPS) is 10.7. The number of hydrogen-bond acceptors (Lipinski definition) is 5. The van der Waals surface area contributed by atoms with E-state index in [-0.39, 0.29) is 18.1 Å². The van der Waals surface area contributed by atoms with Gasteiger partial charge in [0.2, 0.25) is 5.91 Å². The lowest BCUT2D eigenvalue weighted by Crippen LogP contribution is -2.45. The number of methoxy groups -OCH3 is 2. The van der Waals surface area contributed by atoms with Crippen LogP contribution in [0.3, 0.4) is 0 Å². The lowest BCUT2D eigenvalue weighted by atomic mass is 10.1. The van der Waals surface area contributed by atoms with Crippen LogP contribution in [-0.2, 0) is 17.8 Å². The average molecular weight is 546 g/mol. The Bertz CT molecular complexity index is 1210. The van der Waals surface area contributed by atoms with E-state index in [9.17, 15) is 18.4 Å². The number of rotatable bonds is 13. The standard InChI is InChI=1S/C28H33F2N3O4S/c1-4-5-13-33(28(35)31-24-10-9-21(29)17-23(24)30)19-27(34)32(18-22-7-6-15-38-22)14-12-20-8-11-25(36-2)26(16-20)37-3/h6-11,15-17H,4-5,12-14,18-19H2,1-3H3,(H,31,35). The Morgan fingerprint density at radius 1 is 0.974 bits per heavy atom. The van der Waals surface area contributed by atoms with E-state index in [1.165, 1.54) is 4.90 Å². The van der Waals surface area contributed by atoms with Crippen molar-refractivity contribution in [1.82, 2.24) is 9.80 Å². The SMILES string of the molecule is CCCCN(CC(=O)N(CCc1ccc(OC)c(OC)c1)Cc1cccs1)C(=O)Nc1ccc(F)cc1F. The highest BCUT2D eigenvalue weighted by Crippen LogP contribution is 2.28. The molecule has 0 saturated heterocycles. The minimum atomic E-state index is -0.880. The molecular weight excluding hydrogens is 512 g/mol. The molecule has 0 radical (unpaired) electrons. The van der Waals surface area contributed by atoms with Gasteiger partial charge in [0.25, 0.3) is 0 Å². The Hall–Kier alpha value is -3.66. The van der Waals surface area contributed by atoms with E-state index < -0.39 is 17.7 Å². The molecule has 0 unspecified atom stereocenters. The molecule has 1 N–H and O–H groups in total. The molecule has 0 aliphatic heterocycles. The Kier molecular flexibility index (Phi) is 10.9. The summed E-state index contributed by atoms with van der Waals surface area (Å²) < 4.78 is 38.1. The van der Waals surface area contributed by atoms with Crippen LogP contribution >= 0.6 is 11.3 Å². The van der Waals surface area contributed by atoms with Gasteiger partial charge in [-0.1, -0.05) is 25.5 Å². The van der Waals surface area contributed by atoms with E-state index in [4.69, 9.17) is 9.47 Å². The van der Waals surface area contributed by atoms with Gasteiger partial charge in [-0.05, 0) is 54.1 Å². The number of anilines is 1. The quantitative estimate of drug-likeness (QED) is 0.288. The van der Waals surface area contributed by atoms with Gasteiger partial charge in [-0.2, -0.15) is 0 Å². The molecule has 3 amide bonds. The maximum Gasteiger partial charge on any atom is 0.322 e. The van der Waals surface area contributed by atoms with Crippen molar-refractivity contribution in [2.24, 2.45) is 0 Å². The first-order valence-electron chi connectivity index (χ1n) is 12.4. The third-order valence-electron chi connectivity index (χ3n) is 5.97. The van der Waals surface area contributed by atoms with Crippen LogP contribution in [0.4, 0.5) is 19.3 Å². The molecule has 0 aliphatic carbocycles.